The van der Waals surface area contributed by atoms with Gasteiger partial charge in [0.15, 0.2) is 0 Å². The van der Waals surface area contributed by atoms with Crippen LogP contribution in [0.5, 0.6) is 5.75 Å². The zero-order valence-electron chi connectivity index (χ0n) is 10.5. The Hall–Kier alpha value is -0.710. The molecule has 0 aromatic heterocycles. The summed E-state index contributed by atoms with van der Waals surface area (Å²) in [5.41, 5.74) is 0. The molecular weight excluding hydrogens is 255 g/mol. The van der Waals surface area contributed by atoms with Gasteiger partial charge < -0.3 is 0 Å². The van der Waals surface area contributed by atoms with E-state index in [0.29, 0.717) is 19.6 Å². The van der Waals surface area contributed by atoms with Gasteiger partial charge in [-0.15, -0.1) is 0 Å². The molecule has 1 aromatic carbocycles. The fourth-order valence-electron chi connectivity index (χ4n) is 1.25. The minimum atomic E-state index is -3.91. The van der Waals surface area contributed by atoms with Crippen molar-refractivity contribution in [3.05, 3.63) is 30.3 Å². The van der Waals surface area contributed by atoms with Crippen LogP contribution < -0.4 is 4.74 Å². The van der Waals surface area contributed by atoms with E-state index in [0.717, 1.165) is 12.2 Å². The topological polar surface area (TPSA) is 68.2 Å². The molecular formula is C12H21O5P. The van der Waals surface area contributed by atoms with Crippen molar-refractivity contribution in [3.63, 3.8) is 0 Å². The molecule has 104 valence electrons. The fourth-order valence-corrected chi connectivity index (χ4v) is 2.21. The van der Waals surface area contributed by atoms with Crippen LogP contribution in [0.4, 0.5) is 0 Å². The van der Waals surface area contributed by atoms with Crippen molar-refractivity contribution in [1.29, 1.82) is 0 Å². The van der Waals surface area contributed by atoms with Crippen LogP contribution >= 0.6 is 8.17 Å². The number of para-hydroxylation sites is 1. The Morgan fingerprint density at radius 2 is 1.67 bits per heavy atom. The molecule has 0 aliphatic rings. The molecule has 0 saturated heterocycles. The maximum absolute atomic E-state index is 9.37. The summed E-state index contributed by atoms with van der Waals surface area (Å²) in [6.07, 6.45) is 1.29. The average Bonchev–Trinajstić information content (AvgIpc) is 2.37. The molecule has 0 heterocycles. The predicted molar refractivity (Wildman–Crippen MR) is 71.5 cm³/mol. The Bertz CT molecular complexity index is 318. The minimum absolute atomic E-state index is 0.204. The van der Waals surface area contributed by atoms with Gasteiger partial charge in [0.05, 0.1) is 0 Å². The molecule has 0 amide bonds. The van der Waals surface area contributed by atoms with Crippen molar-refractivity contribution in [2.75, 3.05) is 19.8 Å². The van der Waals surface area contributed by atoms with Crippen LogP contribution in [-0.4, -0.2) is 29.6 Å². The van der Waals surface area contributed by atoms with E-state index in [-0.39, 0.29) is 6.61 Å². The molecule has 0 aliphatic heterocycles. The number of hydrogen-bond donors (Lipinski definition) is 2. The van der Waals surface area contributed by atoms with E-state index in [1.807, 2.05) is 37.3 Å². The zero-order valence-corrected chi connectivity index (χ0v) is 11.5. The standard InChI is InChI=1S/C12H21O5P/c1-2-9-16-18(13,14)17-11-6-10-15-12-7-4-3-5-8-12/h3-5,7-8,13-14,18H,2,6,9-11H2,1H3. The molecule has 5 nitrogen and oxygen atoms in total. The zero-order chi connectivity index (χ0) is 13.3. The molecule has 2 N–H and O–H groups in total. The van der Waals surface area contributed by atoms with E-state index in [4.69, 9.17) is 13.8 Å². The molecule has 1 aromatic rings. The van der Waals surface area contributed by atoms with Gasteiger partial charge in [0.25, 0.3) is 0 Å². The van der Waals surface area contributed by atoms with Gasteiger partial charge in [0.2, 0.25) is 0 Å². The molecule has 0 unspecified atom stereocenters. The van der Waals surface area contributed by atoms with Gasteiger partial charge in [-0.3, -0.25) is 0 Å². The molecule has 0 saturated carbocycles. The van der Waals surface area contributed by atoms with Gasteiger partial charge in [-0.2, -0.15) is 0 Å². The van der Waals surface area contributed by atoms with Crippen LogP contribution in [0.1, 0.15) is 19.8 Å². The van der Waals surface area contributed by atoms with E-state index in [9.17, 15) is 9.79 Å². The van der Waals surface area contributed by atoms with E-state index >= 15 is 0 Å². The van der Waals surface area contributed by atoms with Gasteiger partial charge in [-0.05, 0) is 0 Å². The fraction of sp³-hybridized carbons (Fsp3) is 0.500. The second-order valence-corrected chi connectivity index (χ2v) is 5.43. The monoisotopic (exact) mass is 276 g/mol. The third kappa shape index (κ3) is 6.89. The Kier molecular flexibility index (Phi) is 7.16. The summed E-state index contributed by atoms with van der Waals surface area (Å²) in [4.78, 5) is 18.7. The van der Waals surface area contributed by atoms with E-state index in [1.54, 1.807) is 0 Å². The predicted octanol–water partition coefficient (Wildman–Crippen LogP) is 2.29. The molecule has 0 atom stereocenters. The Morgan fingerprint density at radius 1 is 1.00 bits per heavy atom. The van der Waals surface area contributed by atoms with Crippen LogP contribution in [0.25, 0.3) is 0 Å². The van der Waals surface area contributed by atoms with Crippen LogP contribution in [-0.2, 0) is 9.05 Å². The summed E-state index contributed by atoms with van der Waals surface area (Å²) in [5, 5.41) is 0. The first-order valence-electron chi connectivity index (χ1n) is 6.04. The van der Waals surface area contributed by atoms with E-state index in [2.05, 4.69) is 0 Å². The van der Waals surface area contributed by atoms with Crippen molar-refractivity contribution in [1.82, 2.24) is 0 Å². The van der Waals surface area contributed by atoms with E-state index < -0.39 is 8.17 Å². The second kappa shape index (κ2) is 8.40. The van der Waals surface area contributed by atoms with E-state index in [1.165, 1.54) is 0 Å². The number of rotatable bonds is 9. The Morgan fingerprint density at radius 3 is 2.33 bits per heavy atom. The summed E-state index contributed by atoms with van der Waals surface area (Å²) in [6.45, 7) is 2.84. The van der Waals surface area contributed by atoms with Crippen molar-refractivity contribution in [2.24, 2.45) is 0 Å². The van der Waals surface area contributed by atoms with Crippen LogP contribution in [0.3, 0.4) is 0 Å². The number of benzene rings is 1. The summed E-state index contributed by atoms with van der Waals surface area (Å²) < 4.78 is 15.2. The third-order valence-corrected chi connectivity index (χ3v) is 3.25. The van der Waals surface area contributed by atoms with Crippen LogP contribution in [0, 0.1) is 0 Å². The summed E-state index contributed by atoms with van der Waals surface area (Å²) in [5.74, 6) is 0.788. The molecule has 6 heteroatoms. The molecule has 18 heavy (non-hydrogen) atoms. The van der Waals surface area contributed by atoms with Gasteiger partial charge in [-0.25, -0.2) is 0 Å². The molecule has 1 rings (SSSR count). The number of ether oxygens (including phenoxy) is 1. The van der Waals surface area contributed by atoms with Gasteiger partial charge in [0.1, 0.15) is 0 Å². The summed E-state index contributed by atoms with van der Waals surface area (Å²) in [6, 6.07) is 9.43. The van der Waals surface area contributed by atoms with Gasteiger partial charge >= 0.3 is 107 Å². The first-order chi connectivity index (χ1) is 8.64. The Balaban J connectivity index is 2.08. The molecule has 0 aliphatic carbocycles. The molecule has 0 radical (unpaired) electrons. The Labute approximate surface area is 108 Å². The normalized spacial score (nSPS) is 12.4. The summed E-state index contributed by atoms with van der Waals surface area (Å²) in [7, 11) is -3.91. The van der Waals surface area contributed by atoms with Crippen molar-refractivity contribution in [3.8, 4) is 5.75 Å². The third-order valence-electron chi connectivity index (χ3n) is 2.08. The molecule has 0 spiro atoms. The van der Waals surface area contributed by atoms with Crippen LogP contribution in [0.15, 0.2) is 30.3 Å². The molecule has 0 fully saturated rings. The van der Waals surface area contributed by atoms with Crippen molar-refractivity contribution in [2.45, 2.75) is 19.8 Å². The average molecular weight is 276 g/mol. The SMILES string of the molecule is CCCO[PH](O)(O)OCCCOc1ccccc1. The quantitative estimate of drug-likeness (QED) is 0.535. The maximum atomic E-state index is 9.37. The van der Waals surface area contributed by atoms with Crippen molar-refractivity contribution >= 4 is 8.17 Å². The van der Waals surface area contributed by atoms with Crippen molar-refractivity contribution < 1.29 is 23.6 Å². The first-order valence-corrected chi connectivity index (χ1v) is 7.75. The second-order valence-electron chi connectivity index (χ2n) is 3.76. The number of hydrogen-bond acceptors (Lipinski definition) is 5. The summed E-state index contributed by atoms with van der Waals surface area (Å²) >= 11 is 0. The van der Waals surface area contributed by atoms with Crippen LogP contribution in [0.2, 0.25) is 0 Å². The van der Waals surface area contributed by atoms with Gasteiger partial charge in [0, 0.05) is 0 Å². The molecule has 0 bridgehead atoms. The first kappa shape index (κ1) is 15.3. The van der Waals surface area contributed by atoms with Gasteiger partial charge in [-0.1, -0.05) is 0 Å².